The number of halogens is 1. The van der Waals surface area contributed by atoms with E-state index in [4.69, 9.17) is 4.74 Å². The maximum atomic E-state index is 11.2. The predicted molar refractivity (Wildman–Crippen MR) is 102 cm³/mol. The lowest BCUT2D eigenvalue weighted by atomic mass is 9.87. The molecule has 1 aliphatic carbocycles. The number of ether oxygens (including phenoxy) is 1. The van der Waals surface area contributed by atoms with E-state index in [1.807, 2.05) is 13.0 Å². The van der Waals surface area contributed by atoms with Gasteiger partial charge in [0.15, 0.2) is 0 Å². The van der Waals surface area contributed by atoms with Crippen LogP contribution in [0.1, 0.15) is 77.6 Å². The predicted octanol–water partition coefficient (Wildman–Crippen LogP) is 6.08. The second-order valence-electron chi connectivity index (χ2n) is 6.43. The maximum absolute atomic E-state index is 11.2. The molecule has 2 nitrogen and oxygen atoms in total. The lowest BCUT2D eigenvalue weighted by Crippen LogP contribution is -2.08. The average Bonchev–Trinajstić information content (AvgIpc) is 2.95. The van der Waals surface area contributed by atoms with Crippen LogP contribution < -0.4 is 0 Å². The topological polar surface area (TPSA) is 26.3 Å². The summed E-state index contributed by atoms with van der Waals surface area (Å²) in [6, 6.07) is 0. The van der Waals surface area contributed by atoms with Crippen molar-refractivity contribution < 1.29 is 9.53 Å². The van der Waals surface area contributed by atoms with Crippen LogP contribution in [0.2, 0.25) is 0 Å². The first-order chi connectivity index (χ1) is 10.8. The first kappa shape index (κ1) is 20.0. The summed E-state index contributed by atoms with van der Waals surface area (Å²) in [7, 11) is 0. The van der Waals surface area contributed by atoms with Crippen molar-refractivity contribution in [3.8, 4) is 0 Å². The summed E-state index contributed by atoms with van der Waals surface area (Å²) in [5.41, 5.74) is 0. The van der Waals surface area contributed by atoms with Crippen LogP contribution in [0.4, 0.5) is 0 Å². The summed E-state index contributed by atoms with van der Waals surface area (Å²) in [5, 5.41) is 0. The molecule has 0 aromatic carbocycles. The monoisotopic (exact) mass is 420 g/mol. The van der Waals surface area contributed by atoms with E-state index in [1.165, 1.54) is 68.6 Å². The quantitative estimate of drug-likeness (QED) is 0.126. The maximum Gasteiger partial charge on any atom is 0.330 e. The van der Waals surface area contributed by atoms with E-state index in [9.17, 15) is 4.79 Å². The molecule has 0 amide bonds. The zero-order valence-corrected chi connectivity index (χ0v) is 16.4. The summed E-state index contributed by atoms with van der Waals surface area (Å²) in [4.78, 5) is 11.2. The third kappa shape index (κ3) is 9.16. The lowest BCUT2D eigenvalue weighted by molar-refractivity contribution is -0.137. The smallest absolute Gasteiger partial charge is 0.330 e. The summed E-state index contributed by atoms with van der Waals surface area (Å²) in [5.74, 6) is 1.78. The van der Waals surface area contributed by atoms with Crippen molar-refractivity contribution in [2.45, 2.75) is 77.6 Å². The van der Waals surface area contributed by atoms with E-state index < -0.39 is 0 Å². The van der Waals surface area contributed by atoms with Crippen LogP contribution in [0.15, 0.2) is 12.2 Å². The number of allylic oxidation sites excluding steroid dienone is 1. The Labute approximate surface area is 150 Å². The molecule has 1 aliphatic rings. The van der Waals surface area contributed by atoms with Crippen molar-refractivity contribution in [3.63, 3.8) is 0 Å². The van der Waals surface area contributed by atoms with Gasteiger partial charge in [0.2, 0.25) is 0 Å². The van der Waals surface area contributed by atoms with Crippen LogP contribution in [0, 0.1) is 11.8 Å². The van der Waals surface area contributed by atoms with Crippen molar-refractivity contribution in [1.82, 2.24) is 0 Å². The minimum absolute atomic E-state index is 0.204. The normalized spacial score (nSPS) is 21.5. The highest BCUT2D eigenvalue weighted by Crippen LogP contribution is 2.38. The van der Waals surface area contributed by atoms with Crippen LogP contribution in [-0.2, 0) is 9.53 Å². The summed E-state index contributed by atoms with van der Waals surface area (Å²) in [6.45, 7) is 2.30. The van der Waals surface area contributed by atoms with Crippen LogP contribution >= 0.6 is 22.6 Å². The SMILES string of the molecule is CCOC(=O)C=CCCCC[C@H]1CCC[C@@H]1CCCCCI. The molecule has 0 heterocycles. The van der Waals surface area contributed by atoms with Crippen molar-refractivity contribution in [3.05, 3.63) is 12.2 Å². The summed E-state index contributed by atoms with van der Waals surface area (Å²) < 4.78 is 6.18. The number of esters is 1. The molecule has 0 radical (unpaired) electrons. The van der Waals surface area contributed by atoms with Gasteiger partial charge in [0.25, 0.3) is 0 Å². The zero-order chi connectivity index (χ0) is 16.0. The number of hydrogen-bond donors (Lipinski definition) is 0. The molecule has 0 aromatic rings. The van der Waals surface area contributed by atoms with E-state index in [-0.39, 0.29) is 5.97 Å². The fourth-order valence-electron chi connectivity index (χ4n) is 3.59. The molecule has 1 saturated carbocycles. The summed E-state index contributed by atoms with van der Waals surface area (Å²) >= 11 is 2.48. The van der Waals surface area contributed by atoms with E-state index in [0.29, 0.717) is 6.61 Å². The van der Waals surface area contributed by atoms with Crippen LogP contribution in [0.5, 0.6) is 0 Å². The highest BCUT2D eigenvalue weighted by atomic mass is 127. The molecule has 3 heteroatoms. The highest BCUT2D eigenvalue weighted by molar-refractivity contribution is 14.1. The van der Waals surface area contributed by atoms with Gasteiger partial charge < -0.3 is 4.74 Å². The second kappa shape index (κ2) is 13.4. The van der Waals surface area contributed by atoms with Crippen molar-refractivity contribution in [1.29, 1.82) is 0 Å². The number of hydrogen-bond acceptors (Lipinski definition) is 2. The van der Waals surface area contributed by atoms with Crippen LogP contribution in [0.25, 0.3) is 0 Å². The Hall–Kier alpha value is -0.0600. The van der Waals surface area contributed by atoms with Gasteiger partial charge in [-0.1, -0.05) is 80.0 Å². The van der Waals surface area contributed by atoms with E-state index in [0.717, 1.165) is 18.3 Å². The molecule has 0 unspecified atom stereocenters. The largest absolute Gasteiger partial charge is 0.463 e. The highest BCUT2D eigenvalue weighted by Gasteiger charge is 2.25. The Morgan fingerprint density at radius 3 is 2.41 bits per heavy atom. The van der Waals surface area contributed by atoms with Gasteiger partial charge in [0.1, 0.15) is 0 Å². The minimum Gasteiger partial charge on any atom is -0.463 e. The van der Waals surface area contributed by atoms with Gasteiger partial charge in [0.05, 0.1) is 6.61 Å². The molecule has 2 atom stereocenters. The Morgan fingerprint density at radius 2 is 1.77 bits per heavy atom. The van der Waals surface area contributed by atoms with Gasteiger partial charge in [-0.2, -0.15) is 0 Å². The standard InChI is InChI=1S/C19H33IO2/c1-2-22-19(21)15-8-4-3-6-11-17-13-10-14-18(17)12-7-5-9-16-20/h8,15,17-18H,2-7,9-14,16H2,1H3/t17-,18-/m0/s1. The molecular weight excluding hydrogens is 387 g/mol. The number of carbonyl (C=O) groups excluding carboxylic acids is 1. The number of alkyl halides is 1. The fraction of sp³-hybridized carbons (Fsp3) is 0.842. The molecule has 0 aromatic heterocycles. The molecule has 0 spiro atoms. The molecule has 1 fully saturated rings. The fourth-order valence-corrected chi connectivity index (χ4v) is 4.13. The van der Waals surface area contributed by atoms with Crippen molar-refractivity contribution in [2.75, 3.05) is 11.0 Å². The molecule has 1 rings (SSSR count). The Balaban J connectivity index is 2.06. The molecule has 0 aliphatic heterocycles. The average molecular weight is 420 g/mol. The van der Waals surface area contributed by atoms with Gasteiger partial charge in [-0.05, 0) is 42.4 Å². The van der Waals surface area contributed by atoms with Crippen LogP contribution in [-0.4, -0.2) is 17.0 Å². The van der Waals surface area contributed by atoms with Crippen molar-refractivity contribution >= 4 is 28.6 Å². The zero-order valence-electron chi connectivity index (χ0n) is 14.2. The van der Waals surface area contributed by atoms with E-state index in [1.54, 1.807) is 6.08 Å². The lowest BCUT2D eigenvalue weighted by Gasteiger charge is -2.19. The third-order valence-electron chi connectivity index (χ3n) is 4.76. The first-order valence-electron chi connectivity index (χ1n) is 9.17. The second-order valence-corrected chi connectivity index (χ2v) is 7.51. The van der Waals surface area contributed by atoms with Crippen LogP contribution in [0.3, 0.4) is 0 Å². The van der Waals surface area contributed by atoms with Gasteiger partial charge >= 0.3 is 5.97 Å². The molecule has 0 saturated heterocycles. The molecule has 0 bridgehead atoms. The van der Waals surface area contributed by atoms with Gasteiger partial charge in [-0.15, -0.1) is 0 Å². The number of rotatable bonds is 12. The van der Waals surface area contributed by atoms with E-state index >= 15 is 0 Å². The molecule has 0 N–H and O–H groups in total. The Bertz CT molecular complexity index is 315. The Kier molecular flexibility index (Phi) is 12.2. The molecule has 128 valence electrons. The first-order valence-corrected chi connectivity index (χ1v) is 10.7. The summed E-state index contributed by atoms with van der Waals surface area (Å²) in [6.07, 6.45) is 18.5. The van der Waals surface area contributed by atoms with Crippen molar-refractivity contribution in [2.24, 2.45) is 11.8 Å². The number of carbonyl (C=O) groups is 1. The van der Waals surface area contributed by atoms with Gasteiger partial charge in [-0.3, -0.25) is 0 Å². The minimum atomic E-state index is -0.204. The Morgan fingerprint density at radius 1 is 1.09 bits per heavy atom. The van der Waals surface area contributed by atoms with E-state index in [2.05, 4.69) is 22.6 Å². The number of unbranched alkanes of at least 4 members (excludes halogenated alkanes) is 4. The van der Waals surface area contributed by atoms with Gasteiger partial charge in [-0.25, -0.2) is 4.79 Å². The molecular formula is C19H33IO2. The van der Waals surface area contributed by atoms with Gasteiger partial charge in [0, 0.05) is 6.08 Å². The third-order valence-corrected chi connectivity index (χ3v) is 5.52. The molecule has 22 heavy (non-hydrogen) atoms.